The van der Waals surface area contributed by atoms with Crippen molar-refractivity contribution in [2.45, 2.75) is 6.18 Å². The number of aromatic nitrogens is 8. The molecule has 22 heteroatoms. The Morgan fingerprint density at radius 3 is 2.40 bits per heavy atom. The van der Waals surface area contributed by atoms with E-state index in [4.69, 9.17) is 14.6 Å². The molecule has 0 atom stereocenters. The van der Waals surface area contributed by atoms with Crippen LogP contribution in [0.1, 0.15) is 20.8 Å². The smallest absolute Gasteiger partial charge is 0.490 e. The number of aliphatic carboxylic acids is 1. The maximum atomic E-state index is 13.7. The van der Waals surface area contributed by atoms with Gasteiger partial charge >= 0.3 is 12.1 Å². The number of hydrogen-bond acceptors (Lipinski definition) is 13. The monoisotopic (exact) mass is 767 g/mol. The first-order valence-corrected chi connectivity index (χ1v) is 17.0. The highest BCUT2D eigenvalue weighted by atomic mass is 19.4. The summed E-state index contributed by atoms with van der Waals surface area (Å²) in [6, 6.07) is 11.2. The number of ketones is 1. The predicted molar refractivity (Wildman–Crippen MR) is 188 cm³/mol. The minimum Gasteiger partial charge on any atom is -0.494 e. The highest BCUT2D eigenvalue weighted by Crippen LogP contribution is 2.34. The molecule has 19 nitrogen and oxygen atoms in total. The van der Waals surface area contributed by atoms with E-state index in [2.05, 4.69) is 51.2 Å². The van der Waals surface area contributed by atoms with E-state index >= 15 is 0 Å². The molecule has 0 saturated carbocycles. The Morgan fingerprint density at radius 2 is 1.73 bits per heavy atom. The van der Waals surface area contributed by atoms with E-state index < -0.39 is 23.8 Å². The fraction of sp³-hybridized carbons (Fsp3) is 0.364. The van der Waals surface area contributed by atoms with Crippen molar-refractivity contribution in [3.8, 4) is 22.8 Å². The standard InChI is InChI=1S/C31H35N13O4.C2HF3O2/c1-48-24-19-35-26(22-17-23(37-36-22)29(46)33-9-12-41-10-7-32-8-11-41)27-25(24)21(18-34-27)28(45)30(47)42-13-15-43(16-14-42)31-38-39-40-44(31)20-5-3-2-4-6-20;3-2(4,5)1(6)7/h2-6,17-19,32,34H,7-16H2,1H3,(H,33,46)(H,36,37);(H,6,7). The van der Waals surface area contributed by atoms with E-state index in [9.17, 15) is 27.6 Å². The van der Waals surface area contributed by atoms with Crippen molar-refractivity contribution in [2.75, 3.05) is 77.5 Å². The van der Waals surface area contributed by atoms with Crippen molar-refractivity contribution < 1.29 is 42.2 Å². The maximum Gasteiger partial charge on any atom is 0.490 e. The number of carboxylic acids is 1. The number of fused-ring (bicyclic) bond motifs is 1. The lowest BCUT2D eigenvalue weighted by Gasteiger charge is -2.34. The number of nitrogens with one attached hydrogen (secondary N) is 4. The van der Waals surface area contributed by atoms with Gasteiger partial charge in [0.05, 0.1) is 35.5 Å². The molecular weight excluding hydrogens is 731 g/mol. The zero-order valence-corrected chi connectivity index (χ0v) is 29.3. The zero-order chi connectivity index (χ0) is 39.1. The summed E-state index contributed by atoms with van der Waals surface area (Å²) in [7, 11) is 1.47. The van der Waals surface area contributed by atoms with E-state index in [0.29, 0.717) is 66.7 Å². The van der Waals surface area contributed by atoms with Crippen LogP contribution >= 0.6 is 0 Å². The first-order valence-electron chi connectivity index (χ1n) is 17.0. The van der Waals surface area contributed by atoms with Crippen LogP contribution in [0.5, 0.6) is 5.75 Å². The van der Waals surface area contributed by atoms with Gasteiger partial charge in [0.25, 0.3) is 17.6 Å². The molecular formula is C33H36F3N13O6. The van der Waals surface area contributed by atoms with Crippen LogP contribution in [-0.2, 0) is 9.59 Å². The number of carboxylic acid groups (broad SMARTS) is 1. The SMILES string of the molecule is COc1cnc(-c2cc(C(=O)NCCN3CCNCC3)[nH]n2)c2[nH]cc(C(=O)C(=O)N3CCN(c4nnnn4-c4ccccc4)CC3)c12.O=C(O)C(F)(F)F. The first-order chi connectivity index (χ1) is 26.5. The molecule has 2 amide bonds. The Balaban J connectivity index is 0.000000672. The van der Waals surface area contributed by atoms with Crippen molar-refractivity contribution in [2.24, 2.45) is 0 Å². The van der Waals surface area contributed by atoms with Gasteiger partial charge < -0.3 is 35.3 Å². The first kappa shape index (κ1) is 38.3. The summed E-state index contributed by atoms with van der Waals surface area (Å²) >= 11 is 0. The van der Waals surface area contributed by atoms with Crippen LogP contribution in [0.25, 0.3) is 28.0 Å². The molecule has 0 unspecified atom stereocenters. The summed E-state index contributed by atoms with van der Waals surface area (Å²) < 4.78 is 38.9. The number of Topliss-reactive ketones (excluding diaryl/α,β-unsaturated/α-hetero) is 1. The lowest BCUT2D eigenvalue weighted by molar-refractivity contribution is -0.192. The maximum absolute atomic E-state index is 13.7. The number of rotatable bonds is 10. The molecule has 2 fully saturated rings. The van der Waals surface area contributed by atoms with Gasteiger partial charge in [-0.1, -0.05) is 23.3 Å². The molecule has 7 rings (SSSR count). The lowest BCUT2D eigenvalue weighted by atomic mass is 10.1. The molecule has 4 aromatic heterocycles. The van der Waals surface area contributed by atoms with Crippen LogP contribution in [0.3, 0.4) is 0 Å². The molecule has 2 aliphatic rings. The summed E-state index contributed by atoms with van der Waals surface area (Å²) in [5.74, 6) is -3.45. The number of nitrogens with zero attached hydrogens (tertiary/aromatic N) is 9. The Bertz CT molecular complexity index is 2140. The predicted octanol–water partition coefficient (Wildman–Crippen LogP) is 0.737. The van der Waals surface area contributed by atoms with Crippen LogP contribution in [0.2, 0.25) is 0 Å². The van der Waals surface area contributed by atoms with E-state index in [0.717, 1.165) is 38.4 Å². The van der Waals surface area contributed by atoms with Crippen LogP contribution in [-0.4, -0.2) is 158 Å². The summed E-state index contributed by atoms with van der Waals surface area (Å²) in [4.78, 5) is 62.3. The normalized spacial score (nSPS) is 15.0. The van der Waals surface area contributed by atoms with E-state index in [1.54, 1.807) is 10.7 Å². The molecule has 0 aliphatic carbocycles. The fourth-order valence-electron chi connectivity index (χ4n) is 6.05. The van der Waals surface area contributed by atoms with Crippen molar-refractivity contribution in [1.82, 2.24) is 60.8 Å². The molecule has 2 saturated heterocycles. The molecule has 55 heavy (non-hydrogen) atoms. The number of ether oxygens (including phenoxy) is 1. The molecule has 290 valence electrons. The zero-order valence-electron chi connectivity index (χ0n) is 29.3. The Labute approximate surface area is 309 Å². The number of methoxy groups -OCH3 is 1. The fourth-order valence-corrected chi connectivity index (χ4v) is 6.05. The van der Waals surface area contributed by atoms with Gasteiger partial charge in [-0.15, -0.1) is 0 Å². The molecule has 5 aromatic rings. The Kier molecular flexibility index (Phi) is 11.6. The van der Waals surface area contributed by atoms with Crippen LogP contribution < -0.4 is 20.3 Å². The van der Waals surface area contributed by atoms with Gasteiger partial charge in [-0.3, -0.25) is 24.4 Å². The molecule has 0 spiro atoms. The Morgan fingerprint density at radius 1 is 1.02 bits per heavy atom. The van der Waals surface area contributed by atoms with Gasteiger partial charge in [-0.05, 0) is 28.6 Å². The third-order valence-electron chi connectivity index (χ3n) is 8.87. The van der Waals surface area contributed by atoms with Crippen LogP contribution in [0.15, 0.2) is 48.8 Å². The van der Waals surface area contributed by atoms with E-state index in [-0.39, 0.29) is 17.2 Å². The second-order valence-corrected chi connectivity index (χ2v) is 12.3. The number of pyridine rings is 1. The number of aromatic amines is 2. The summed E-state index contributed by atoms with van der Waals surface area (Å²) in [5.41, 5.74) is 2.52. The van der Waals surface area contributed by atoms with Crippen molar-refractivity contribution >= 4 is 40.4 Å². The molecule has 2 aliphatic heterocycles. The number of halogens is 3. The van der Waals surface area contributed by atoms with Crippen molar-refractivity contribution in [1.29, 1.82) is 0 Å². The number of carbonyl (C=O) groups excluding carboxylic acids is 3. The molecule has 5 N–H and O–H groups in total. The van der Waals surface area contributed by atoms with Gasteiger partial charge in [-0.2, -0.15) is 23.0 Å². The average Bonchev–Trinajstić information content (AvgIpc) is 3.99. The van der Waals surface area contributed by atoms with Crippen molar-refractivity contribution in [3.63, 3.8) is 0 Å². The summed E-state index contributed by atoms with van der Waals surface area (Å²) in [6.45, 7) is 6.57. The average molecular weight is 768 g/mol. The second kappa shape index (κ2) is 16.7. The van der Waals surface area contributed by atoms with E-state index in [1.165, 1.54) is 24.4 Å². The van der Waals surface area contributed by atoms with E-state index in [1.807, 2.05) is 35.2 Å². The topological polar surface area (TPSA) is 232 Å². The lowest BCUT2D eigenvalue weighted by Crippen LogP contribution is -2.51. The number of piperazine rings is 2. The molecule has 6 heterocycles. The molecule has 1 aromatic carbocycles. The molecule has 0 bridgehead atoms. The number of amides is 2. The quantitative estimate of drug-likeness (QED) is 0.0975. The van der Waals surface area contributed by atoms with Gasteiger partial charge in [0.15, 0.2) is 0 Å². The van der Waals surface area contributed by atoms with Crippen LogP contribution in [0.4, 0.5) is 19.1 Å². The number of alkyl halides is 3. The minimum absolute atomic E-state index is 0.160. The van der Waals surface area contributed by atoms with Gasteiger partial charge in [0, 0.05) is 71.6 Å². The molecule has 0 radical (unpaired) electrons. The summed E-state index contributed by atoms with van der Waals surface area (Å²) in [6.07, 6.45) is -2.12. The highest BCUT2D eigenvalue weighted by Gasteiger charge is 2.38. The number of carbonyl (C=O) groups is 4. The van der Waals surface area contributed by atoms with Crippen LogP contribution in [0, 0.1) is 0 Å². The Hall–Kier alpha value is -6.42. The number of para-hydroxylation sites is 1. The largest absolute Gasteiger partial charge is 0.494 e. The number of anilines is 1. The number of hydrogen-bond donors (Lipinski definition) is 5. The summed E-state index contributed by atoms with van der Waals surface area (Å²) in [5, 5.41) is 33.0. The second-order valence-electron chi connectivity index (χ2n) is 12.3. The van der Waals surface area contributed by atoms with Crippen molar-refractivity contribution in [3.05, 3.63) is 60.0 Å². The minimum atomic E-state index is -5.08. The van der Waals surface area contributed by atoms with Gasteiger partial charge in [-0.25, -0.2) is 9.78 Å². The van der Waals surface area contributed by atoms with Gasteiger partial charge in [0.1, 0.15) is 22.8 Å². The highest BCUT2D eigenvalue weighted by molar-refractivity contribution is 6.45. The number of H-pyrrole nitrogens is 2. The number of tetrazole rings is 1. The number of benzene rings is 1. The third-order valence-corrected chi connectivity index (χ3v) is 8.87. The van der Waals surface area contributed by atoms with Gasteiger partial charge in [0.2, 0.25) is 5.95 Å². The third kappa shape index (κ3) is 8.70.